The van der Waals surface area contributed by atoms with E-state index in [1.807, 2.05) is 78.9 Å². The van der Waals surface area contributed by atoms with Gasteiger partial charge in [0.15, 0.2) is 0 Å². The van der Waals surface area contributed by atoms with Crippen LogP contribution in [0.1, 0.15) is 10.4 Å². The molecule has 3 aromatic carbocycles. The number of hydrogen-bond donors (Lipinski definition) is 1. The second-order valence-corrected chi connectivity index (χ2v) is 5.31. The van der Waals surface area contributed by atoms with E-state index < -0.39 is 0 Å². The molecule has 3 rings (SSSR count). The summed E-state index contributed by atoms with van der Waals surface area (Å²) in [5, 5.41) is 0. The van der Waals surface area contributed by atoms with Crippen LogP contribution >= 0.6 is 25.0 Å². The largest absolute Gasteiger partial charge is 0.277 e. The molecule has 0 saturated carbocycles. The Hall–Kier alpha value is -2.51. The number of thiol groups is 1. The lowest BCUT2D eigenvalue weighted by atomic mass is 10.1. The summed E-state index contributed by atoms with van der Waals surface area (Å²) in [7, 11) is 0. The van der Waals surface area contributed by atoms with Crippen molar-refractivity contribution in [3.05, 3.63) is 90.5 Å². The van der Waals surface area contributed by atoms with Crippen LogP contribution in [0.4, 0.5) is 30.2 Å². The van der Waals surface area contributed by atoms with Gasteiger partial charge in [-0.2, -0.15) is 0 Å². The first-order valence-electron chi connectivity index (χ1n) is 7.00. The Bertz CT molecular complexity index is 754. The molecule has 1 amide bonds. The molecule has 0 aliphatic rings. The van der Waals surface area contributed by atoms with Crippen LogP contribution in [0.3, 0.4) is 0 Å². The predicted octanol–water partition coefficient (Wildman–Crippen LogP) is 5.99. The van der Waals surface area contributed by atoms with Gasteiger partial charge in [0.1, 0.15) is 0 Å². The summed E-state index contributed by atoms with van der Waals surface area (Å²) in [4.78, 5) is 15.4. The summed E-state index contributed by atoms with van der Waals surface area (Å²) in [6.45, 7) is 0. The van der Waals surface area contributed by atoms with Crippen molar-refractivity contribution in [2.45, 2.75) is 4.90 Å². The summed E-state index contributed by atoms with van der Waals surface area (Å²) in [5.41, 5.74) is 2.24. The molecular formula is C19H20ClF4NOS. The second-order valence-electron chi connectivity index (χ2n) is 4.83. The van der Waals surface area contributed by atoms with Gasteiger partial charge in [-0.1, -0.05) is 48.5 Å². The maximum Gasteiger partial charge on any atom is 0.263 e. The highest BCUT2D eigenvalue weighted by Crippen LogP contribution is 2.28. The Labute approximate surface area is 166 Å². The molecule has 2 nitrogen and oxygen atoms in total. The van der Waals surface area contributed by atoms with Gasteiger partial charge in [0.2, 0.25) is 0 Å². The third-order valence-corrected chi connectivity index (χ3v) is 3.76. The molecular weight excluding hydrogens is 402 g/mol. The molecule has 0 saturated heterocycles. The smallest absolute Gasteiger partial charge is 0.263 e. The van der Waals surface area contributed by atoms with Crippen molar-refractivity contribution in [2.24, 2.45) is 0 Å². The minimum absolute atomic E-state index is 0. The van der Waals surface area contributed by atoms with E-state index in [9.17, 15) is 4.79 Å². The Kier molecular flexibility index (Phi) is 14.8. The van der Waals surface area contributed by atoms with Crippen LogP contribution in [0.5, 0.6) is 0 Å². The molecule has 0 heterocycles. The van der Waals surface area contributed by atoms with E-state index in [1.165, 1.54) is 0 Å². The number of nitrogens with zero attached hydrogens (tertiary/aromatic N) is 1. The zero-order chi connectivity index (χ0) is 15.4. The standard InChI is InChI=1S/C19H15NOS.ClH.4FH/c21-19(17-13-7-8-14-18(17)22)20(15-9-3-1-4-10-15)16-11-5-2-6-12-16;;;;;/h1-14,22H;5*1H. The highest BCUT2D eigenvalue weighted by Gasteiger charge is 2.20. The molecule has 0 bridgehead atoms. The van der Waals surface area contributed by atoms with E-state index >= 15 is 0 Å². The number of carbonyl (C=O) groups excluding carboxylic acids is 1. The van der Waals surface area contributed by atoms with Crippen LogP contribution in [-0.2, 0) is 0 Å². The molecule has 0 aromatic heterocycles. The quantitative estimate of drug-likeness (QED) is 0.407. The maximum absolute atomic E-state index is 13.0. The molecule has 0 unspecified atom stereocenters. The van der Waals surface area contributed by atoms with Crippen molar-refractivity contribution in [3.8, 4) is 0 Å². The van der Waals surface area contributed by atoms with Crippen molar-refractivity contribution >= 4 is 42.3 Å². The summed E-state index contributed by atoms with van der Waals surface area (Å²) < 4.78 is 0. The van der Waals surface area contributed by atoms with Gasteiger partial charge in [-0.05, 0) is 36.4 Å². The number of rotatable bonds is 3. The second kappa shape index (κ2) is 13.7. The average Bonchev–Trinajstić information content (AvgIpc) is 2.57. The lowest BCUT2D eigenvalue weighted by molar-refractivity contribution is 0.0996. The van der Waals surface area contributed by atoms with Crippen LogP contribution < -0.4 is 4.90 Å². The number of para-hydroxylation sites is 2. The zero-order valence-corrected chi connectivity index (χ0v) is 15.6. The van der Waals surface area contributed by atoms with Gasteiger partial charge in [0.05, 0.1) is 5.56 Å². The van der Waals surface area contributed by atoms with Crippen molar-refractivity contribution < 1.29 is 23.6 Å². The van der Waals surface area contributed by atoms with Crippen LogP contribution in [0.2, 0.25) is 0 Å². The van der Waals surface area contributed by atoms with E-state index in [-0.39, 0.29) is 37.1 Å². The first-order chi connectivity index (χ1) is 10.8. The fraction of sp³-hybridized carbons (Fsp3) is 0. The highest BCUT2D eigenvalue weighted by atomic mass is 35.5. The lowest BCUT2D eigenvalue weighted by Crippen LogP contribution is -2.26. The highest BCUT2D eigenvalue weighted by molar-refractivity contribution is 7.80. The van der Waals surface area contributed by atoms with Crippen molar-refractivity contribution in [1.29, 1.82) is 0 Å². The number of halogens is 5. The Balaban J connectivity index is -0.00000115. The van der Waals surface area contributed by atoms with Crippen LogP contribution in [0, 0.1) is 0 Å². The van der Waals surface area contributed by atoms with Gasteiger partial charge in [0, 0.05) is 16.3 Å². The molecule has 27 heavy (non-hydrogen) atoms. The number of hydrogen-bond acceptors (Lipinski definition) is 2. The summed E-state index contributed by atoms with van der Waals surface area (Å²) in [6.07, 6.45) is 0. The van der Waals surface area contributed by atoms with E-state index in [0.717, 1.165) is 11.4 Å². The summed E-state index contributed by atoms with van der Waals surface area (Å²) in [5.74, 6) is -0.0944. The summed E-state index contributed by atoms with van der Waals surface area (Å²) in [6, 6.07) is 26.6. The topological polar surface area (TPSA) is 20.3 Å². The number of amides is 1. The molecule has 8 heteroatoms. The number of anilines is 2. The first-order valence-corrected chi connectivity index (χ1v) is 7.44. The van der Waals surface area contributed by atoms with Gasteiger partial charge < -0.3 is 0 Å². The van der Waals surface area contributed by atoms with Gasteiger partial charge in [-0.3, -0.25) is 28.5 Å². The Morgan fingerprint density at radius 2 is 1.00 bits per heavy atom. The van der Waals surface area contributed by atoms with E-state index in [1.54, 1.807) is 11.0 Å². The van der Waals surface area contributed by atoms with E-state index in [4.69, 9.17) is 0 Å². The number of carbonyl (C=O) groups is 1. The molecule has 0 radical (unpaired) electrons. The predicted molar refractivity (Wildman–Crippen MR) is 110 cm³/mol. The molecule has 148 valence electrons. The maximum atomic E-state index is 13.0. The molecule has 0 aliphatic heterocycles. The third kappa shape index (κ3) is 6.62. The van der Waals surface area contributed by atoms with Crippen LogP contribution in [0.25, 0.3) is 0 Å². The van der Waals surface area contributed by atoms with Gasteiger partial charge in [0.25, 0.3) is 5.91 Å². The lowest BCUT2D eigenvalue weighted by Gasteiger charge is -2.23. The van der Waals surface area contributed by atoms with Crippen molar-refractivity contribution in [3.63, 3.8) is 0 Å². The Morgan fingerprint density at radius 1 is 0.630 bits per heavy atom. The normalized spacial score (nSPS) is 8.33. The molecule has 0 atom stereocenters. The number of benzene rings is 3. The van der Waals surface area contributed by atoms with Crippen LogP contribution in [0.15, 0.2) is 89.8 Å². The zero-order valence-electron chi connectivity index (χ0n) is 13.9. The average molecular weight is 422 g/mol. The van der Waals surface area contributed by atoms with Gasteiger partial charge in [-0.15, -0.1) is 25.0 Å². The molecule has 3 aromatic rings. The summed E-state index contributed by atoms with van der Waals surface area (Å²) >= 11 is 4.41. The van der Waals surface area contributed by atoms with Gasteiger partial charge >= 0.3 is 0 Å². The molecule has 0 aliphatic carbocycles. The van der Waals surface area contributed by atoms with Crippen LogP contribution in [-0.4, -0.2) is 5.91 Å². The monoisotopic (exact) mass is 421 g/mol. The van der Waals surface area contributed by atoms with Gasteiger partial charge in [-0.25, -0.2) is 0 Å². The molecule has 0 fully saturated rings. The third-order valence-electron chi connectivity index (χ3n) is 3.37. The van der Waals surface area contributed by atoms with Crippen molar-refractivity contribution in [1.82, 2.24) is 0 Å². The fourth-order valence-corrected chi connectivity index (χ4v) is 2.57. The fourth-order valence-electron chi connectivity index (χ4n) is 2.31. The molecule has 0 spiro atoms. The first kappa shape index (κ1) is 29.3. The minimum Gasteiger partial charge on any atom is -0.277 e. The van der Waals surface area contributed by atoms with E-state index in [0.29, 0.717) is 10.5 Å². The SMILES string of the molecule is Cl.F.F.F.F.O=C(c1ccccc1S)N(c1ccccc1)c1ccccc1. The van der Waals surface area contributed by atoms with E-state index in [2.05, 4.69) is 12.6 Å². The minimum atomic E-state index is -0.0944. The van der Waals surface area contributed by atoms with Crippen molar-refractivity contribution in [2.75, 3.05) is 4.90 Å². The molecule has 0 N–H and O–H groups in total. The Morgan fingerprint density at radius 3 is 1.41 bits per heavy atom.